The molecule has 1 aromatic heterocycles. The van der Waals surface area contributed by atoms with Crippen LogP contribution in [0.3, 0.4) is 0 Å². The minimum atomic E-state index is -0.244. The highest BCUT2D eigenvalue weighted by Gasteiger charge is 2.04. The third kappa shape index (κ3) is 4.74. The molecule has 0 bridgehead atoms. The molecule has 0 spiro atoms. The number of carbonyl (C=O) groups is 1. The van der Waals surface area contributed by atoms with E-state index in [-0.39, 0.29) is 11.7 Å². The molecular weight excluding hydrogens is 323 g/mol. The Morgan fingerprint density at radius 1 is 1.30 bits per heavy atom. The van der Waals surface area contributed by atoms with Gasteiger partial charge in [-0.15, -0.1) is 0 Å². The van der Waals surface area contributed by atoms with Gasteiger partial charge in [0.1, 0.15) is 11.6 Å². The fourth-order valence-electron chi connectivity index (χ4n) is 1.80. The monoisotopic (exact) mass is 336 g/mol. The second-order valence-corrected chi connectivity index (χ2v) is 5.31. The zero-order valence-corrected chi connectivity index (χ0v) is 12.4. The van der Waals surface area contributed by atoms with Gasteiger partial charge in [0.2, 0.25) is 5.91 Å². The van der Waals surface area contributed by atoms with Crippen molar-refractivity contribution < 1.29 is 9.18 Å². The number of halogens is 2. The minimum absolute atomic E-state index is 0.0868. The molecule has 0 aliphatic carbocycles. The van der Waals surface area contributed by atoms with Gasteiger partial charge in [-0.2, -0.15) is 0 Å². The van der Waals surface area contributed by atoms with Crippen LogP contribution in [0.4, 0.5) is 10.2 Å². The number of nitrogens with zero attached hydrogens (tertiary/aromatic N) is 1. The first-order valence-electron chi connectivity index (χ1n) is 6.29. The number of hydrogen-bond acceptors (Lipinski definition) is 2. The molecule has 0 fully saturated rings. The summed E-state index contributed by atoms with van der Waals surface area (Å²) in [6.45, 7) is 0. The molecule has 1 aromatic carbocycles. The Kier molecular flexibility index (Phi) is 5.24. The van der Waals surface area contributed by atoms with Crippen LogP contribution in [0, 0.1) is 5.82 Å². The van der Waals surface area contributed by atoms with E-state index >= 15 is 0 Å². The Hall–Kier alpha value is -1.75. The van der Waals surface area contributed by atoms with E-state index in [1.165, 1.54) is 12.1 Å². The van der Waals surface area contributed by atoms with Crippen molar-refractivity contribution in [2.45, 2.75) is 19.3 Å². The molecule has 2 rings (SSSR count). The lowest BCUT2D eigenvalue weighted by molar-refractivity contribution is -0.116. The molecule has 104 valence electrons. The third-order valence-corrected chi connectivity index (χ3v) is 3.22. The highest BCUT2D eigenvalue weighted by Crippen LogP contribution is 2.12. The van der Waals surface area contributed by atoms with Gasteiger partial charge < -0.3 is 5.32 Å². The number of amides is 1. The molecule has 0 aliphatic rings. The van der Waals surface area contributed by atoms with Gasteiger partial charge in [-0.3, -0.25) is 4.79 Å². The first kappa shape index (κ1) is 14.7. The van der Waals surface area contributed by atoms with Gasteiger partial charge >= 0.3 is 0 Å². The predicted octanol–water partition coefficient (Wildman–Crippen LogP) is 3.94. The summed E-state index contributed by atoms with van der Waals surface area (Å²) < 4.78 is 13.8. The van der Waals surface area contributed by atoms with Crippen molar-refractivity contribution in [2.75, 3.05) is 5.32 Å². The van der Waals surface area contributed by atoms with Crippen LogP contribution in [0.15, 0.2) is 47.1 Å². The summed E-state index contributed by atoms with van der Waals surface area (Å²) in [6, 6.07) is 9.99. The standard InChI is InChI=1S/C15H14BrFN2O/c16-12-7-8-14(18-10-12)19-15(20)6-2-4-11-3-1-5-13(17)9-11/h1,3,5,7-10H,2,4,6H2,(H,18,19,20). The first-order valence-corrected chi connectivity index (χ1v) is 7.08. The number of nitrogens with one attached hydrogen (secondary N) is 1. The van der Waals surface area contributed by atoms with Crippen LogP contribution in [-0.2, 0) is 11.2 Å². The summed E-state index contributed by atoms with van der Waals surface area (Å²) >= 11 is 3.28. The molecular formula is C15H14BrFN2O. The molecule has 0 saturated heterocycles. The van der Waals surface area contributed by atoms with E-state index in [0.717, 1.165) is 10.0 Å². The zero-order chi connectivity index (χ0) is 14.4. The van der Waals surface area contributed by atoms with E-state index in [1.807, 2.05) is 12.1 Å². The second-order valence-electron chi connectivity index (χ2n) is 4.39. The highest BCUT2D eigenvalue weighted by atomic mass is 79.9. The molecule has 1 N–H and O–H groups in total. The molecule has 1 heterocycles. The van der Waals surface area contributed by atoms with E-state index < -0.39 is 0 Å². The molecule has 0 saturated carbocycles. The van der Waals surface area contributed by atoms with Gasteiger partial charge in [-0.05, 0) is 58.6 Å². The van der Waals surface area contributed by atoms with E-state index in [2.05, 4.69) is 26.2 Å². The molecule has 2 aromatic rings. The minimum Gasteiger partial charge on any atom is -0.311 e. The number of carbonyl (C=O) groups excluding carboxylic acids is 1. The molecule has 3 nitrogen and oxygen atoms in total. The number of benzene rings is 1. The molecule has 0 aliphatic heterocycles. The average molecular weight is 337 g/mol. The largest absolute Gasteiger partial charge is 0.311 e. The normalized spacial score (nSPS) is 10.3. The molecule has 0 unspecified atom stereocenters. The van der Waals surface area contributed by atoms with E-state index in [0.29, 0.717) is 25.1 Å². The fourth-order valence-corrected chi connectivity index (χ4v) is 2.04. The van der Waals surface area contributed by atoms with Gasteiger partial charge in [-0.1, -0.05) is 12.1 Å². The molecule has 20 heavy (non-hydrogen) atoms. The summed E-state index contributed by atoms with van der Waals surface area (Å²) in [4.78, 5) is 15.8. The number of anilines is 1. The lowest BCUT2D eigenvalue weighted by atomic mass is 10.1. The molecule has 0 radical (unpaired) electrons. The van der Waals surface area contributed by atoms with Crippen molar-refractivity contribution in [2.24, 2.45) is 0 Å². The lowest BCUT2D eigenvalue weighted by Gasteiger charge is -2.04. The zero-order valence-electron chi connectivity index (χ0n) is 10.8. The fraction of sp³-hybridized carbons (Fsp3) is 0.200. The van der Waals surface area contributed by atoms with Gasteiger partial charge in [0, 0.05) is 17.1 Å². The Morgan fingerprint density at radius 3 is 2.85 bits per heavy atom. The van der Waals surface area contributed by atoms with Crippen LogP contribution in [0.5, 0.6) is 0 Å². The van der Waals surface area contributed by atoms with E-state index in [9.17, 15) is 9.18 Å². The lowest BCUT2D eigenvalue weighted by Crippen LogP contribution is -2.12. The highest BCUT2D eigenvalue weighted by molar-refractivity contribution is 9.10. The molecule has 5 heteroatoms. The van der Waals surface area contributed by atoms with Crippen molar-refractivity contribution in [1.82, 2.24) is 4.98 Å². The van der Waals surface area contributed by atoms with Gasteiger partial charge in [0.15, 0.2) is 0 Å². The van der Waals surface area contributed by atoms with Crippen LogP contribution >= 0.6 is 15.9 Å². The summed E-state index contributed by atoms with van der Waals surface area (Å²) in [5, 5.41) is 2.72. The smallest absolute Gasteiger partial charge is 0.225 e. The molecule has 1 amide bonds. The first-order chi connectivity index (χ1) is 9.63. The average Bonchev–Trinajstić information content (AvgIpc) is 2.41. The van der Waals surface area contributed by atoms with Crippen LogP contribution in [0.1, 0.15) is 18.4 Å². The Bertz CT molecular complexity index is 587. The summed E-state index contributed by atoms with van der Waals surface area (Å²) in [5.41, 5.74) is 0.902. The molecule has 0 atom stereocenters. The van der Waals surface area contributed by atoms with Crippen LogP contribution in [0.25, 0.3) is 0 Å². The topological polar surface area (TPSA) is 42.0 Å². The quantitative estimate of drug-likeness (QED) is 0.898. The predicted molar refractivity (Wildman–Crippen MR) is 79.9 cm³/mol. The maximum absolute atomic E-state index is 13.0. The SMILES string of the molecule is O=C(CCCc1cccc(F)c1)Nc1ccc(Br)cn1. The third-order valence-electron chi connectivity index (χ3n) is 2.75. The number of aromatic nitrogens is 1. The summed E-state index contributed by atoms with van der Waals surface area (Å²) in [7, 11) is 0. The van der Waals surface area contributed by atoms with Crippen molar-refractivity contribution in [3.63, 3.8) is 0 Å². The van der Waals surface area contributed by atoms with Crippen molar-refractivity contribution in [1.29, 1.82) is 0 Å². The number of pyridine rings is 1. The van der Waals surface area contributed by atoms with Gasteiger partial charge in [-0.25, -0.2) is 9.37 Å². The van der Waals surface area contributed by atoms with Crippen molar-refractivity contribution in [3.05, 3.63) is 58.4 Å². The number of hydrogen-bond donors (Lipinski definition) is 1. The van der Waals surface area contributed by atoms with Crippen molar-refractivity contribution in [3.8, 4) is 0 Å². The van der Waals surface area contributed by atoms with Crippen LogP contribution in [-0.4, -0.2) is 10.9 Å². The number of aryl methyl sites for hydroxylation is 1. The maximum atomic E-state index is 13.0. The maximum Gasteiger partial charge on any atom is 0.225 e. The Labute approximate surface area is 125 Å². The number of rotatable bonds is 5. The summed E-state index contributed by atoms with van der Waals surface area (Å²) in [5.74, 6) is 0.200. The van der Waals surface area contributed by atoms with Gasteiger partial charge in [0.05, 0.1) is 0 Å². The van der Waals surface area contributed by atoms with E-state index in [1.54, 1.807) is 18.3 Å². The Balaban J connectivity index is 1.76. The van der Waals surface area contributed by atoms with E-state index in [4.69, 9.17) is 0 Å². The summed E-state index contributed by atoms with van der Waals surface area (Å²) in [6.07, 6.45) is 3.36. The van der Waals surface area contributed by atoms with Crippen molar-refractivity contribution >= 4 is 27.7 Å². The Morgan fingerprint density at radius 2 is 2.15 bits per heavy atom. The van der Waals surface area contributed by atoms with Crippen LogP contribution in [0.2, 0.25) is 0 Å². The second kappa shape index (κ2) is 7.14. The van der Waals surface area contributed by atoms with Gasteiger partial charge in [0.25, 0.3) is 0 Å². The van der Waals surface area contributed by atoms with Crippen LogP contribution < -0.4 is 5.32 Å².